The lowest BCUT2D eigenvalue weighted by molar-refractivity contribution is 0.192. The van der Waals surface area contributed by atoms with E-state index in [2.05, 4.69) is 22.1 Å². The van der Waals surface area contributed by atoms with Gasteiger partial charge in [-0.05, 0) is 41.3 Å². The minimum absolute atomic E-state index is 0.00917. The van der Waals surface area contributed by atoms with Crippen molar-refractivity contribution in [1.82, 2.24) is 10.2 Å². The molecule has 0 spiro atoms. The lowest BCUT2D eigenvalue weighted by Crippen LogP contribution is -2.38. The molecule has 1 saturated heterocycles. The molecule has 0 saturated carbocycles. The quantitative estimate of drug-likeness (QED) is 0.934. The lowest BCUT2D eigenvalue weighted by atomic mass is 10.1. The summed E-state index contributed by atoms with van der Waals surface area (Å²) in [4.78, 5) is 14.2. The number of amides is 2. The van der Waals surface area contributed by atoms with Gasteiger partial charge in [0.05, 0.1) is 18.6 Å². The number of carbonyl (C=O) groups excluding carboxylic acids is 1. The van der Waals surface area contributed by atoms with Gasteiger partial charge in [-0.15, -0.1) is 0 Å². The minimum Gasteiger partial charge on any atom is -0.472 e. The maximum absolute atomic E-state index is 12.2. The maximum Gasteiger partial charge on any atom is 0.318 e. The molecule has 0 unspecified atom stereocenters. The number of urea groups is 1. The number of likely N-dealkylation sites (tertiary alicyclic amines) is 1. The van der Waals surface area contributed by atoms with Crippen LogP contribution in [0.1, 0.15) is 30.0 Å². The molecule has 4 nitrogen and oxygen atoms in total. The fraction of sp³-hybridized carbons (Fsp3) is 0.357. The smallest absolute Gasteiger partial charge is 0.318 e. The summed E-state index contributed by atoms with van der Waals surface area (Å²) in [5.74, 6) is 0. The Kier molecular flexibility index (Phi) is 3.55. The SMILES string of the molecule is O=C(NCc1ccoc1)N1CCC[C@@H]1c1ccsc1. The molecule has 0 bridgehead atoms. The predicted octanol–water partition coefficient (Wildman–Crippen LogP) is 3.39. The second-order valence-electron chi connectivity index (χ2n) is 4.70. The first-order valence-corrected chi connectivity index (χ1v) is 7.36. The highest BCUT2D eigenvalue weighted by atomic mass is 32.1. The Hall–Kier alpha value is -1.75. The molecule has 1 aliphatic rings. The van der Waals surface area contributed by atoms with Crippen molar-refractivity contribution in [1.29, 1.82) is 0 Å². The van der Waals surface area contributed by atoms with Gasteiger partial charge in [-0.1, -0.05) is 0 Å². The maximum atomic E-state index is 12.2. The molecular formula is C14H16N2O2S. The van der Waals surface area contributed by atoms with Crippen LogP contribution in [0.3, 0.4) is 0 Å². The van der Waals surface area contributed by atoms with Gasteiger partial charge in [-0.3, -0.25) is 0 Å². The molecular weight excluding hydrogens is 260 g/mol. The van der Waals surface area contributed by atoms with E-state index < -0.39 is 0 Å². The Morgan fingerprint density at radius 3 is 3.21 bits per heavy atom. The highest BCUT2D eigenvalue weighted by molar-refractivity contribution is 7.07. The number of furan rings is 1. The van der Waals surface area contributed by atoms with Gasteiger partial charge >= 0.3 is 6.03 Å². The van der Waals surface area contributed by atoms with Gasteiger partial charge in [0.15, 0.2) is 0 Å². The molecule has 5 heteroatoms. The standard InChI is InChI=1S/C14H16N2O2S/c17-14(15-8-11-3-6-18-9-11)16-5-1-2-13(16)12-4-7-19-10-12/h3-4,6-7,9-10,13H,1-2,5,8H2,(H,15,17)/t13-/m1/s1. The van der Waals surface area contributed by atoms with E-state index in [1.165, 1.54) is 5.56 Å². The average molecular weight is 276 g/mol. The molecule has 0 aromatic carbocycles. The van der Waals surface area contributed by atoms with Crippen molar-refractivity contribution in [3.8, 4) is 0 Å². The zero-order valence-corrected chi connectivity index (χ0v) is 11.4. The summed E-state index contributed by atoms with van der Waals surface area (Å²) in [5.41, 5.74) is 2.24. The van der Waals surface area contributed by atoms with Crippen LogP contribution in [0.25, 0.3) is 0 Å². The van der Waals surface area contributed by atoms with Gasteiger partial charge in [0.25, 0.3) is 0 Å². The molecule has 1 fully saturated rings. The number of rotatable bonds is 3. The summed E-state index contributed by atoms with van der Waals surface area (Å²) >= 11 is 1.68. The molecule has 1 N–H and O–H groups in total. The highest BCUT2D eigenvalue weighted by Crippen LogP contribution is 2.32. The van der Waals surface area contributed by atoms with E-state index in [9.17, 15) is 4.79 Å². The van der Waals surface area contributed by atoms with Crippen LogP contribution in [0.2, 0.25) is 0 Å². The molecule has 100 valence electrons. The van der Waals surface area contributed by atoms with Gasteiger partial charge in [-0.2, -0.15) is 11.3 Å². The summed E-state index contributed by atoms with van der Waals surface area (Å²) in [6.07, 6.45) is 5.39. The third-order valence-corrected chi connectivity index (χ3v) is 4.17. The van der Waals surface area contributed by atoms with E-state index in [4.69, 9.17) is 4.42 Å². The van der Waals surface area contributed by atoms with Crippen molar-refractivity contribution in [2.24, 2.45) is 0 Å². The topological polar surface area (TPSA) is 45.5 Å². The second-order valence-corrected chi connectivity index (χ2v) is 5.48. The second kappa shape index (κ2) is 5.48. The van der Waals surface area contributed by atoms with Gasteiger partial charge in [-0.25, -0.2) is 4.79 Å². The third kappa shape index (κ3) is 2.66. The summed E-state index contributed by atoms with van der Waals surface area (Å²) in [7, 11) is 0. The van der Waals surface area contributed by atoms with Gasteiger partial charge in [0, 0.05) is 18.7 Å². The summed E-state index contributed by atoms with van der Waals surface area (Å²) in [6.45, 7) is 1.35. The zero-order chi connectivity index (χ0) is 13.1. The normalized spacial score (nSPS) is 18.7. The van der Waals surface area contributed by atoms with Crippen LogP contribution >= 0.6 is 11.3 Å². The molecule has 2 aromatic heterocycles. The van der Waals surface area contributed by atoms with Crippen molar-refractivity contribution in [3.05, 3.63) is 46.5 Å². The highest BCUT2D eigenvalue weighted by Gasteiger charge is 2.29. The van der Waals surface area contributed by atoms with E-state index in [-0.39, 0.29) is 12.1 Å². The first-order valence-electron chi connectivity index (χ1n) is 6.42. The predicted molar refractivity (Wildman–Crippen MR) is 73.9 cm³/mol. The number of hydrogen-bond donors (Lipinski definition) is 1. The summed E-state index contributed by atoms with van der Waals surface area (Å²) in [6, 6.07) is 4.21. The number of thiophene rings is 1. The fourth-order valence-corrected chi connectivity index (χ4v) is 3.20. The van der Waals surface area contributed by atoms with Gasteiger partial charge in [0.2, 0.25) is 0 Å². The first-order chi connectivity index (χ1) is 9.34. The molecule has 0 radical (unpaired) electrons. The van der Waals surface area contributed by atoms with Crippen LogP contribution in [0.5, 0.6) is 0 Å². The average Bonchev–Trinajstić information content (AvgIpc) is 3.14. The van der Waals surface area contributed by atoms with E-state index in [1.54, 1.807) is 23.9 Å². The first kappa shape index (κ1) is 12.3. The minimum atomic E-state index is 0.00917. The Bertz CT molecular complexity index is 522. The van der Waals surface area contributed by atoms with Gasteiger partial charge in [0.1, 0.15) is 0 Å². The van der Waals surface area contributed by atoms with Crippen molar-refractivity contribution < 1.29 is 9.21 Å². The van der Waals surface area contributed by atoms with Crippen LogP contribution in [-0.4, -0.2) is 17.5 Å². The Morgan fingerprint density at radius 1 is 1.53 bits per heavy atom. The number of hydrogen-bond acceptors (Lipinski definition) is 3. The lowest BCUT2D eigenvalue weighted by Gasteiger charge is -2.24. The van der Waals surface area contributed by atoms with Crippen LogP contribution in [-0.2, 0) is 6.54 Å². The number of nitrogens with zero attached hydrogens (tertiary/aromatic N) is 1. The number of nitrogens with one attached hydrogen (secondary N) is 1. The number of carbonyl (C=O) groups is 1. The van der Waals surface area contributed by atoms with Crippen molar-refractivity contribution in [3.63, 3.8) is 0 Å². The molecule has 2 aromatic rings. The molecule has 3 heterocycles. The molecule has 3 rings (SSSR count). The molecule has 0 aliphatic carbocycles. The van der Waals surface area contributed by atoms with Gasteiger partial charge < -0.3 is 14.6 Å². The largest absolute Gasteiger partial charge is 0.472 e. The van der Waals surface area contributed by atoms with Crippen LogP contribution in [0.4, 0.5) is 4.79 Å². The zero-order valence-electron chi connectivity index (χ0n) is 10.5. The Morgan fingerprint density at radius 2 is 2.47 bits per heavy atom. The summed E-state index contributed by atoms with van der Waals surface area (Å²) in [5, 5.41) is 7.15. The summed E-state index contributed by atoms with van der Waals surface area (Å²) < 4.78 is 4.99. The monoisotopic (exact) mass is 276 g/mol. The van der Waals surface area contributed by atoms with Crippen molar-refractivity contribution >= 4 is 17.4 Å². The van der Waals surface area contributed by atoms with E-state index in [1.807, 2.05) is 11.0 Å². The Labute approximate surface area is 116 Å². The van der Waals surface area contributed by atoms with E-state index in [0.29, 0.717) is 6.54 Å². The fourth-order valence-electron chi connectivity index (χ4n) is 2.49. The Balaban J connectivity index is 1.62. The molecule has 19 heavy (non-hydrogen) atoms. The van der Waals surface area contributed by atoms with Crippen molar-refractivity contribution in [2.45, 2.75) is 25.4 Å². The van der Waals surface area contributed by atoms with E-state index in [0.717, 1.165) is 24.9 Å². The third-order valence-electron chi connectivity index (χ3n) is 3.47. The van der Waals surface area contributed by atoms with Crippen molar-refractivity contribution in [2.75, 3.05) is 6.54 Å². The molecule has 2 amide bonds. The van der Waals surface area contributed by atoms with E-state index >= 15 is 0 Å². The molecule has 1 aliphatic heterocycles. The molecule has 1 atom stereocenters. The van der Waals surface area contributed by atoms with Crippen LogP contribution in [0.15, 0.2) is 39.8 Å². The van der Waals surface area contributed by atoms with Crippen LogP contribution < -0.4 is 5.32 Å². The van der Waals surface area contributed by atoms with Crippen LogP contribution in [0, 0.1) is 0 Å².